The molecule has 6 nitrogen and oxygen atoms in total. The van der Waals surface area contributed by atoms with Gasteiger partial charge in [0.05, 0.1) is 5.69 Å². The van der Waals surface area contributed by atoms with E-state index in [-0.39, 0.29) is 17.4 Å². The van der Waals surface area contributed by atoms with Crippen LogP contribution in [-0.4, -0.2) is 48.0 Å². The molecule has 0 aliphatic heterocycles. The van der Waals surface area contributed by atoms with Gasteiger partial charge in [-0.3, -0.25) is 4.79 Å². The Labute approximate surface area is 127 Å². The predicted molar refractivity (Wildman–Crippen MR) is 81.1 cm³/mol. The standard InChI is InChI=1S/C15H17FN4O2/c1-20(2)8-7-17-14(21)13-9-12(18-15(22)19-13)10-3-5-11(16)6-4-10/h3-6,9H,7-8H2,1-2H3,(H,17,21)(H,18,19,22). The normalized spacial score (nSPS) is 10.7. The zero-order valence-corrected chi connectivity index (χ0v) is 12.4. The summed E-state index contributed by atoms with van der Waals surface area (Å²) in [7, 11) is 3.79. The molecule has 1 aromatic carbocycles. The molecule has 0 bridgehead atoms. The lowest BCUT2D eigenvalue weighted by atomic mass is 10.1. The first-order valence-corrected chi connectivity index (χ1v) is 6.76. The topological polar surface area (TPSA) is 78.1 Å². The Morgan fingerprint density at radius 2 is 2.00 bits per heavy atom. The predicted octanol–water partition coefficient (Wildman–Crippen LogP) is 0.867. The van der Waals surface area contributed by atoms with Gasteiger partial charge in [-0.15, -0.1) is 0 Å². The second-order valence-corrected chi connectivity index (χ2v) is 5.05. The number of hydrogen-bond donors (Lipinski definition) is 2. The smallest absolute Gasteiger partial charge is 0.346 e. The molecular formula is C15H17FN4O2. The summed E-state index contributed by atoms with van der Waals surface area (Å²) in [6.07, 6.45) is 0. The van der Waals surface area contributed by atoms with E-state index in [2.05, 4.69) is 15.3 Å². The van der Waals surface area contributed by atoms with Crippen molar-refractivity contribution in [3.05, 3.63) is 52.3 Å². The molecule has 0 radical (unpaired) electrons. The van der Waals surface area contributed by atoms with Crippen molar-refractivity contribution >= 4 is 5.91 Å². The summed E-state index contributed by atoms with van der Waals surface area (Å²) in [6.45, 7) is 1.15. The lowest BCUT2D eigenvalue weighted by Crippen LogP contribution is -2.33. The molecule has 0 saturated heterocycles. The van der Waals surface area contributed by atoms with Gasteiger partial charge in [0.15, 0.2) is 0 Å². The second kappa shape index (κ2) is 6.95. The summed E-state index contributed by atoms with van der Waals surface area (Å²) < 4.78 is 12.9. The molecule has 0 aliphatic rings. The van der Waals surface area contributed by atoms with Gasteiger partial charge in [-0.2, -0.15) is 4.98 Å². The second-order valence-electron chi connectivity index (χ2n) is 5.05. The maximum absolute atomic E-state index is 12.9. The quantitative estimate of drug-likeness (QED) is 0.859. The van der Waals surface area contributed by atoms with Crippen LogP contribution in [0.4, 0.5) is 4.39 Å². The van der Waals surface area contributed by atoms with Crippen LogP contribution >= 0.6 is 0 Å². The molecule has 1 aromatic heterocycles. The Balaban J connectivity index is 2.21. The molecule has 1 heterocycles. The minimum atomic E-state index is -0.625. The zero-order valence-electron chi connectivity index (χ0n) is 12.4. The van der Waals surface area contributed by atoms with Crippen LogP contribution < -0.4 is 11.0 Å². The van der Waals surface area contributed by atoms with Gasteiger partial charge in [0.1, 0.15) is 11.5 Å². The highest BCUT2D eigenvalue weighted by Crippen LogP contribution is 2.16. The first-order valence-electron chi connectivity index (χ1n) is 6.76. The summed E-state index contributed by atoms with van der Waals surface area (Å²) in [5.41, 5.74) is 0.383. The maximum atomic E-state index is 12.9. The Morgan fingerprint density at radius 1 is 1.32 bits per heavy atom. The highest BCUT2D eigenvalue weighted by Gasteiger charge is 2.10. The summed E-state index contributed by atoms with van der Waals surface area (Å²) in [5, 5.41) is 2.71. The van der Waals surface area contributed by atoms with Gasteiger partial charge in [0.2, 0.25) is 0 Å². The molecule has 0 fully saturated rings. The fourth-order valence-electron chi connectivity index (χ4n) is 1.84. The number of rotatable bonds is 5. The number of carbonyl (C=O) groups is 1. The van der Waals surface area contributed by atoms with Crippen molar-refractivity contribution in [2.45, 2.75) is 0 Å². The Kier molecular flexibility index (Phi) is 5.00. The Hall–Kier alpha value is -2.54. The van der Waals surface area contributed by atoms with Crippen LogP contribution in [0.2, 0.25) is 0 Å². The molecule has 0 atom stereocenters. The van der Waals surface area contributed by atoms with Crippen LogP contribution in [0.25, 0.3) is 11.3 Å². The first kappa shape index (κ1) is 15.8. The number of aromatic nitrogens is 2. The molecular weight excluding hydrogens is 287 g/mol. The number of H-pyrrole nitrogens is 1. The van der Waals surface area contributed by atoms with E-state index >= 15 is 0 Å². The molecule has 22 heavy (non-hydrogen) atoms. The van der Waals surface area contributed by atoms with E-state index < -0.39 is 5.69 Å². The highest BCUT2D eigenvalue weighted by atomic mass is 19.1. The minimum Gasteiger partial charge on any atom is -0.349 e. The number of aromatic amines is 1. The molecule has 7 heteroatoms. The lowest BCUT2D eigenvalue weighted by Gasteiger charge is -2.10. The summed E-state index contributed by atoms with van der Waals surface area (Å²) in [4.78, 5) is 31.8. The van der Waals surface area contributed by atoms with E-state index in [1.165, 1.54) is 30.3 Å². The fourth-order valence-corrected chi connectivity index (χ4v) is 1.84. The van der Waals surface area contributed by atoms with Gasteiger partial charge in [-0.25, -0.2) is 9.18 Å². The Bertz CT molecular complexity index is 710. The lowest BCUT2D eigenvalue weighted by molar-refractivity contribution is 0.0945. The first-order chi connectivity index (χ1) is 10.5. The van der Waals surface area contributed by atoms with Crippen LogP contribution in [0.1, 0.15) is 10.5 Å². The van der Waals surface area contributed by atoms with Crippen LogP contribution in [-0.2, 0) is 0 Å². The van der Waals surface area contributed by atoms with Gasteiger partial charge in [0.25, 0.3) is 5.91 Å². The summed E-state index contributed by atoms with van der Waals surface area (Å²) >= 11 is 0. The molecule has 2 aromatic rings. The van der Waals surface area contributed by atoms with Crippen molar-refractivity contribution in [3.63, 3.8) is 0 Å². The number of carbonyl (C=O) groups excluding carboxylic acids is 1. The molecule has 2 rings (SSSR count). The van der Waals surface area contributed by atoms with Gasteiger partial charge in [-0.05, 0) is 44.4 Å². The number of nitrogens with one attached hydrogen (secondary N) is 2. The van der Waals surface area contributed by atoms with Crippen molar-refractivity contribution in [2.24, 2.45) is 0 Å². The maximum Gasteiger partial charge on any atom is 0.346 e. The van der Waals surface area contributed by atoms with Gasteiger partial charge in [-0.1, -0.05) is 0 Å². The van der Waals surface area contributed by atoms with Crippen molar-refractivity contribution in [3.8, 4) is 11.3 Å². The van der Waals surface area contributed by atoms with Gasteiger partial charge in [0, 0.05) is 18.7 Å². The van der Waals surface area contributed by atoms with Crippen molar-refractivity contribution in [1.29, 1.82) is 0 Å². The number of hydrogen-bond acceptors (Lipinski definition) is 4. The molecule has 116 valence electrons. The third-order valence-corrected chi connectivity index (χ3v) is 2.97. The Morgan fingerprint density at radius 3 is 2.64 bits per heavy atom. The van der Waals surface area contributed by atoms with Crippen LogP contribution in [0.15, 0.2) is 35.1 Å². The number of amides is 1. The third kappa shape index (κ3) is 4.23. The fraction of sp³-hybridized carbons (Fsp3) is 0.267. The number of benzene rings is 1. The average Bonchev–Trinajstić information content (AvgIpc) is 2.46. The molecule has 0 saturated carbocycles. The molecule has 2 N–H and O–H groups in total. The molecule has 0 aliphatic carbocycles. The van der Waals surface area contributed by atoms with E-state index in [9.17, 15) is 14.0 Å². The number of likely N-dealkylation sites (N-methyl/N-ethyl adjacent to an activating group) is 1. The SMILES string of the molecule is CN(C)CCNC(=O)c1cc(-c2ccc(F)cc2)nc(=O)[nH]1. The number of nitrogens with zero attached hydrogens (tertiary/aromatic N) is 2. The van der Waals surface area contributed by atoms with Crippen molar-refractivity contribution in [1.82, 2.24) is 20.2 Å². The van der Waals surface area contributed by atoms with Crippen LogP contribution in [0, 0.1) is 5.82 Å². The molecule has 1 amide bonds. The monoisotopic (exact) mass is 304 g/mol. The van der Waals surface area contributed by atoms with Crippen molar-refractivity contribution in [2.75, 3.05) is 27.2 Å². The van der Waals surface area contributed by atoms with Crippen molar-refractivity contribution < 1.29 is 9.18 Å². The van der Waals surface area contributed by atoms with Gasteiger partial charge >= 0.3 is 5.69 Å². The summed E-state index contributed by atoms with van der Waals surface area (Å²) in [5.74, 6) is -0.764. The van der Waals surface area contributed by atoms with E-state index in [4.69, 9.17) is 0 Å². The average molecular weight is 304 g/mol. The third-order valence-electron chi connectivity index (χ3n) is 2.97. The summed E-state index contributed by atoms with van der Waals surface area (Å²) in [6, 6.07) is 7.03. The van der Waals surface area contributed by atoms with E-state index in [1.807, 2.05) is 19.0 Å². The van der Waals surface area contributed by atoms with E-state index in [0.29, 0.717) is 24.3 Å². The largest absolute Gasteiger partial charge is 0.349 e. The van der Waals surface area contributed by atoms with Crippen LogP contribution in [0.5, 0.6) is 0 Å². The molecule has 0 unspecified atom stereocenters. The zero-order chi connectivity index (χ0) is 16.1. The highest BCUT2D eigenvalue weighted by molar-refractivity contribution is 5.93. The minimum absolute atomic E-state index is 0.123. The van der Waals surface area contributed by atoms with E-state index in [1.54, 1.807) is 0 Å². The molecule has 0 spiro atoms. The van der Waals surface area contributed by atoms with Gasteiger partial charge < -0.3 is 15.2 Å². The number of halogens is 1. The van der Waals surface area contributed by atoms with E-state index in [0.717, 1.165) is 0 Å². The van der Waals surface area contributed by atoms with Crippen LogP contribution in [0.3, 0.4) is 0 Å².